The smallest absolute Gasteiger partial charge is 0.356 e. The number of hydrogen-bond donors (Lipinski definition) is 0. The van der Waals surface area contributed by atoms with E-state index < -0.39 is 0 Å². The van der Waals surface area contributed by atoms with E-state index in [1.807, 2.05) is 18.2 Å². The third-order valence-corrected chi connectivity index (χ3v) is 6.22. The van der Waals surface area contributed by atoms with E-state index in [2.05, 4.69) is 125 Å². The van der Waals surface area contributed by atoms with Crippen molar-refractivity contribution < 1.29 is 0 Å². The molecule has 0 unspecified atom stereocenters. The summed E-state index contributed by atoms with van der Waals surface area (Å²) in [6.07, 6.45) is 8.58. The first kappa shape index (κ1) is 22.7. The molecule has 1 aliphatic heterocycles. The van der Waals surface area contributed by atoms with Gasteiger partial charge in [-0.1, -0.05) is 72.8 Å². The highest BCUT2D eigenvalue weighted by atomic mass is 15.3. The first-order chi connectivity index (χ1) is 16.3. The van der Waals surface area contributed by atoms with Gasteiger partial charge in [-0.05, 0) is 55.4 Å². The minimum Gasteiger partial charge on any atom is -0.424 e. The van der Waals surface area contributed by atoms with Crippen LogP contribution in [0.3, 0.4) is 0 Å². The van der Waals surface area contributed by atoms with Crippen molar-refractivity contribution >= 4 is 38.0 Å². The van der Waals surface area contributed by atoms with Crippen molar-refractivity contribution in [3.05, 3.63) is 129 Å². The average molecular weight is 429 g/mol. The Morgan fingerprint density at radius 2 is 0.697 bits per heavy atom. The Balaban J connectivity index is 1.97. The summed E-state index contributed by atoms with van der Waals surface area (Å²) in [6, 6.07) is 32.1. The molecule has 4 rings (SSSR count). The van der Waals surface area contributed by atoms with Gasteiger partial charge in [-0.2, -0.15) is 0 Å². The second-order valence-electron chi connectivity index (χ2n) is 8.24. The molecule has 0 aliphatic carbocycles. The molecule has 0 saturated carbocycles. The van der Waals surface area contributed by atoms with Crippen LogP contribution in [0.25, 0.3) is 0 Å². The summed E-state index contributed by atoms with van der Waals surface area (Å²) in [6.45, 7) is 12.7. The van der Waals surface area contributed by atoms with E-state index in [0.29, 0.717) is 0 Å². The molecule has 162 valence electrons. The third kappa shape index (κ3) is 4.66. The zero-order valence-corrected chi connectivity index (χ0v) is 19.2. The van der Waals surface area contributed by atoms with Crippen LogP contribution in [0.1, 0.15) is 0 Å². The zero-order chi connectivity index (χ0) is 23.0. The number of para-hydroxylation sites is 3. The van der Waals surface area contributed by atoms with E-state index in [-0.39, 0.29) is 20.9 Å². The molecule has 1 aliphatic rings. The van der Waals surface area contributed by atoms with E-state index in [0.717, 1.165) is 19.0 Å². The standard InChI is InChI=1S/C27H30B3N3/c1-4-22-28-31(25-16-10-7-11-17-25)29(23-5-2)33(27-20-14-9-15-21-27)30(24-6-3)32(28)26-18-12-8-13-19-26/h4-21H,1-3,22-24H2. The molecular formula is C27H30B3N3. The van der Waals surface area contributed by atoms with Gasteiger partial charge in [0.1, 0.15) is 0 Å². The Hall–Kier alpha value is -3.53. The van der Waals surface area contributed by atoms with Gasteiger partial charge in [0.2, 0.25) is 0 Å². The number of rotatable bonds is 9. The fourth-order valence-corrected chi connectivity index (χ4v) is 4.96. The lowest BCUT2D eigenvalue weighted by Crippen LogP contribution is -2.78. The molecule has 0 radical (unpaired) electrons. The van der Waals surface area contributed by atoms with Gasteiger partial charge in [0, 0.05) is 17.1 Å². The highest BCUT2D eigenvalue weighted by molar-refractivity contribution is 7.05. The summed E-state index contributed by atoms with van der Waals surface area (Å²) in [5.74, 6) is 0. The summed E-state index contributed by atoms with van der Waals surface area (Å²) < 4.78 is 7.59. The summed E-state index contributed by atoms with van der Waals surface area (Å²) in [5, 5.41) is 0. The molecule has 1 heterocycles. The summed E-state index contributed by atoms with van der Waals surface area (Å²) >= 11 is 0. The SMILES string of the molecule is C=CCB1N(c2ccccc2)B(CC=C)N(c2ccccc2)B(CC=C)N1c1ccccc1. The van der Waals surface area contributed by atoms with Gasteiger partial charge >= 0.3 is 20.9 Å². The van der Waals surface area contributed by atoms with Crippen molar-refractivity contribution in [2.45, 2.75) is 19.0 Å². The van der Waals surface area contributed by atoms with Crippen LogP contribution in [0.5, 0.6) is 0 Å². The van der Waals surface area contributed by atoms with Gasteiger partial charge in [-0.3, -0.25) is 0 Å². The van der Waals surface area contributed by atoms with Crippen molar-refractivity contribution in [3.8, 4) is 0 Å². The number of benzene rings is 3. The lowest BCUT2D eigenvalue weighted by atomic mass is 9.39. The maximum Gasteiger partial charge on any atom is 0.356 e. The fourth-order valence-electron chi connectivity index (χ4n) is 4.96. The summed E-state index contributed by atoms with van der Waals surface area (Å²) in [7, 11) is 0. The van der Waals surface area contributed by atoms with Crippen LogP contribution in [0.15, 0.2) is 129 Å². The topological polar surface area (TPSA) is 9.72 Å². The quantitative estimate of drug-likeness (QED) is 0.283. The van der Waals surface area contributed by atoms with E-state index >= 15 is 0 Å². The number of hydrogen-bond acceptors (Lipinski definition) is 3. The van der Waals surface area contributed by atoms with Gasteiger partial charge in [-0.25, -0.2) is 0 Å². The summed E-state index contributed by atoms with van der Waals surface area (Å²) in [5.41, 5.74) is 3.57. The highest BCUT2D eigenvalue weighted by Gasteiger charge is 2.52. The Kier molecular flexibility index (Phi) is 7.46. The van der Waals surface area contributed by atoms with E-state index in [4.69, 9.17) is 0 Å². The van der Waals surface area contributed by atoms with E-state index in [1.54, 1.807) is 0 Å². The molecule has 33 heavy (non-hydrogen) atoms. The van der Waals surface area contributed by atoms with Crippen LogP contribution in [-0.2, 0) is 0 Å². The minimum absolute atomic E-state index is 0.0992. The van der Waals surface area contributed by atoms with E-state index in [1.165, 1.54) is 17.1 Å². The van der Waals surface area contributed by atoms with Crippen molar-refractivity contribution in [3.63, 3.8) is 0 Å². The lowest BCUT2D eigenvalue weighted by Gasteiger charge is -2.56. The fraction of sp³-hybridized carbons (Fsp3) is 0.111. The molecule has 6 heteroatoms. The highest BCUT2D eigenvalue weighted by Crippen LogP contribution is 2.36. The first-order valence-corrected chi connectivity index (χ1v) is 11.6. The van der Waals surface area contributed by atoms with Gasteiger partial charge in [-0.15, -0.1) is 19.7 Å². The molecule has 0 amide bonds. The van der Waals surface area contributed by atoms with Gasteiger partial charge in [0.05, 0.1) is 0 Å². The minimum atomic E-state index is 0.0992. The number of nitrogens with zero attached hydrogens (tertiary/aromatic N) is 3. The van der Waals surface area contributed by atoms with E-state index in [9.17, 15) is 0 Å². The van der Waals surface area contributed by atoms with Crippen LogP contribution in [0.4, 0.5) is 17.1 Å². The molecule has 0 aromatic heterocycles. The van der Waals surface area contributed by atoms with Gasteiger partial charge in [0.25, 0.3) is 0 Å². The van der Waals surface area contributed by atoms with Crippen molar-refractivity contribution in [2.24, 2.45) is 0 Å². The molecule has 0 bridgehead atoms. The first-order valence-electron chi connectivity index (χ1n) is 11.6. The summed E-state index contributed by atoms with van der Waals surface area (Å²) in [4.78, 5) is 0. The maximum atomic E-state index is 4.12. The predicted molar refractivity (Wildman–Crippen MR) is 149 cm³/mol. The normalized spacial score (nSPS) is 13.8. The molecule has 0 atom stereocenters. The third-order valence-electron chi connectivity index (χ3n) is 6.22. The Morgan fingerprint density at radius 3 is 0.909 bits per heavy atom. The molecular weight excluding hydrogens is 399 g/mol. The Bertz CT molecular complexity index is 897. The van der Waals surface area contributed by atoms with Crippen molar-refractivity contribution in [1.29, 1.82) is 0 Å². The van der Waals surface area contributed by atoms with Gasteiger partial charge in [0.15, 0.2) is 0 Å². The maximum absolute atomic E-state index is 4.12. The van der Waals surface area contributed by atoms with Crippen LogP contribution in [0.2, 0.25) is 19.0 Å². The van der Waals surface area contributed by atoms with Gasteiger partial charge < -0.3 is 14.2 Å². The molecule has 1 fully saturated rings. The Labute approximate surface area is 200 Å². The largest absolute Gasteiger partial charge is 0.424 e. The lowest BCUT2D eigenvalue weighted by molar-refractivity contribution is 1.21. The molecule has 3 aromatic rings. The monoisotopic (exact) mass is 429 g/mol. The van der Waals surface area contributed by atoms with Crippen LogP contribution in [0, 0.1) is 0 Å². The molecule has 1 saturated heterocycles. The van der Waals surface area contributed by atoms with Crippen molar-refractivity contribution in [2.75, 3.05) is 14.2 Å². The Morgan fingerprint density at radius 1 is 0.455 bits per heavy atom. The predicted octanol–water partition coefficient (Wildman–Crippen LogP) is 6.54. The molecule has 0 spiro atoms. The second kappa shape index (κ2) is 10.9. The molecule has 0 N–H and O–H groups in total. The molecule has 3 nitrogen and oxygen atoms in total. The second-order valence-corrected chi connectivity index (χ2v) is 8.24. The molecule has 3 aromatic carbocycles. The van der Waals surface area contributed by atoms with Crippen LogP contribution < -0.4 is 14.2 Å². The van der Waals surface area contributed by atoms with Crippen LogP contribution >= 0.6 is 0 Å². The van der Waals surface area contributed by atoms with Crippen LogP contribution in [-0.4, -0.2) is 20.9 Å². The van der Waals surface area contributed by atoms with Crippen molar-refractivity contribution in [1.82, 2.24) is 0 Å². The average Bonchev–Trinajstić information content (AvgIpc) is 2.86. The number of allylic oxidation sites excluding steroid dienone is 3. The zero-order valence-electron chi connectivity index (χ0n) is 19.2. The number of anilines is 3.